The number of phenolic OH excluding ortho intramolecular Hbond substituents is 1. The molecular formula is C20H20O8. The molecule has 0 spiro atoms. The van der Waals surface area contributed by atoms with Gasteiger partial charge in [0.05, 0.1) is 14.2 Å². The van der Waals surface area contributed by atoms with Crippen molar-refractivity contribution in [3.8, 4) is 28.7 Å². The molecule has 0 saturated heterocycles. The van der Waals surface area contributed by atoms with Crippen molar-refractivity contribution in [3.63, 3.8) is 0 Å². The standard InChI is InChI=1S/C19H16O7.CH4O/c1-22-13-7-11(8-14(23-2)17(13)21)15-9-24-19-12(25-15)5-3-10-4-6-16(20)26-18(10)19;1-2/h3-8,15,21H,9H2,1-2H3;2H,1H3. The Hall–Kier alpha value is -3.39. The number of phenols is 1. The zero-order valence-electron chi connectivity index (χ0n) is 15.6. The number of aliphatic hydroxyl groups is 1. The summed E-state index contributed by atoms with van der Waals surface area (Å²) in [6.07, 6.45) is -0.446. The van der Waals surface area contributed by atoms with Crippen molar-refractivity contribution < 1.29 is 33.6 Å². The van der Waals surface area contributed by atoms with Crippen LogP contribution in [0, 0.1) is 0 Å². The van der Waals surface area contributed by atoms with Gasteiger partial charge in [-0.05, 0) is 30.3 Å². The third-order valence-electron chi connectivity index (χ3n) is 4.23. The summed E-state index contributed by atoms with van der Waals surface area (Å²) in [6.45, 7) is 0.196. The minimum absolute atomic E-state index is 0.0800. The molecule has 8 nitrogen and oxygen atoms in total. The summed E-state index contributed by atoms with van der Waals surface area (Å²) in [4.78, 5) is 11.5. The monoisotopic (exact) mass is 388 g/mol. The van der Waals surface area contributed by atoms with Crippen LogP contribution in [-0.2, 0) is 0 Å². The molecule has 3 aromatic rings. The molecule has 148 valence electrons. The lowest BCUT2D eigenvalue weighted by atomic mass is 10.1. The van der Waals surface area contributed by atoms with Crippen LogP contribution in [0.5, 0.6) is 28.7 Å². The molecule has 28 heavy (non-hydrogen) atoms. The number of hydrogen-bond acceptors (Lipinski definition) is 8. The molecule has 1 aliphatic rings. The van der Waals surface area contributed by atoms with E-state index < -0.39 is 11.7 Å². The maximum atomic E-state index is 11.5. The number of fused-ring (bicyclic) bond motifs is 3. The number of aromatic hydroxyl groups is 1. The number of hydrogen-bond donors (Lipinski definition) is 2. The Kier molecular flexibility index (Phi) is 5.60. The second-order valence-corrected chi connectivity index (χ2v) is 5.76. The van der Waals surface area contributed by atoms with E-state index in [1.165, 1.54) is 20.3 Å². The lowest BCUT2D eigenvalue weighted by molar-refractivity contribution is 0.0912. The summed E-state index contributed by atoms with van der Waals surface area (Å²) in [7, 11) is 3.92. The summed E-state index contributed by atoms with van der Waals surface area (Å²) >= 11 is 0. The van der Waals surface area contributed by atoms with E-state index in [0.717, 1.165) is 18.1 Å². The maximum absolute atomic E-state index is 11.5. The average molecular weight is 388 g/mol. The molecule has 1 unspecified atom stereocenters. The molecule has 1 atom stereocenters. The number of methoxy groups -OCH3 is 2. The summed E-state index contributed by atoms with van der Waals surface area (Å²) in [5.41, 5.74) is 0.621. The average Bonchev–Trinajstić information content (AvgIpc) is 2.74. The van der Waals surface area contributed by atoms with E-state index >= 15 is 0 Å². The Morgan fingerprint density at radius 3 is 2.32 bits per heavy atom. The molecule has 0 bridgehead atoms. The fourth-order valence-corrected chi connectivity index (χ4v) is 2.93. The lowest BCUT2D eigenvalue weighted by Crippen LogP contribution is -2.22. The zero-order chi connectivity index (χ0) is 20.3. The normalized spacial score (nSPS) is 14.8. The van der Waals surface area contributed by atoms with Crippen molar-refractivity contribution in [2.45, 2.75) is 6.10 Å². The van der Waals surface area contributed by atoms with Gasteiger partial charge >= 0.3 is 5.63 Å². The van der Waals surface area contributed by atoms with E-state index in [-0.39, 0.29) is 23.9 Å². The predicted octanol–water partition coefficient (Wildman–Crippen LogP) is 2.64. The van der Waals surface area contributed by atoms with Crippen LogP contribution in [0.2, 0.25) is 0 Å². The lowest BCUT2D eigenvalue weighted by Gasteiger charge is -2.27. The molecular weight excluding hydrogens is 368 g/mol. The number of rotatable bonds is 3. The van der Waals surface area contributed by atoms with Gasteiger partial charge in [-0.25, -0.2) is 4.79 Å². The third kappa shape index (κ3) is 3.41. The molecule has 2 aromatic carbocycles. The highest BCUT2D eigenvalue weighted by Crippen LogP contribution is 2.44. The largest absolute Gasteiger partial charge is 0.502 e. The van der Waals surface area contributed by atoms with Gasteiger partial charge in [0.15, 0.2) is 28.9 Å². The fourth-order valence-electron chi connectivity index (χ4n) is 2.93. The van der Waals surface area contributed by atoms with Crippen LogP contribution < -0.4 is 24.6 Å². The van der Waals surface area contributed by atoms with E-state index in [9.17, 15) is 9.90 Å². The fraction of sp³-hybridized carbons (Fsp3) is 0.250. The highest BCUT2D eigenvalue weighted by Gasteiger charge is 2.27. The quantitative estimate of drug-likeness (QED) is 0.660. The minimum atomic E-state index is -0.454. The van der Waals surface area contributed by atoms with Gasteiger partial charge in [-0.3, -0.25) is 0 Å². The number of ether oxygens (including phenoxy) is 4. The van der Waals surface area contributed by atoms with E-state index in [4.69, 9.17) is 28.5 Å². The topological polar surface area (TPSA) is 108 Å². The van der Waals surface area contributed by atoms with Gasteiger partial charge in [0.25, 0.3) is 0 Å². The summed E-state index contributed by atoms with van der Waals surface area (Å²) in [6, 6.07) is 9.92. The number of aliphatic hydroxyl groups excluding tert-OH is 1. The van der Waals surface area contributed by atoms with Crippen molar-refractivity contribution in [2.24, 2.45) is 0 Å². The van der Waals surface area contributed by atoms with Crippen LogP contribution >= 0.6 is 0 Å². The van der Waals surface area contributed by atoms with Crippen molar-refractivity contribution in [1.82, 2.24) is 0 Å². The Morgan fingerprint density at radius 2 is 1.68 bits per heavy atom. The van der Waals surface area contributed by atoms with Crippen LogP contribution in [0.4, 0.5) is 0 Å². The van der Waals surface area contributed by atoms with Gasteiger partial charge in [0, 0.05) is 24.1 Å². The minimum Gasteiger partial charge on any atom is -0.502 e. The molecule has 1 aliphatic heterocycles. The first kappa shape index (κ1) is 19.4. The molecule has 0 amide bonds. The summed E-state index contributed by atoms with van der Waals surface area (Å²) < 4.78 is 27.5. The molecule has 0 aliphatic carbocycles. The highest BCUT2D eigenvalue weighted by molar-refractivity contribution is 5.85. The van der Waals surface area contributed by atoms with Crippen molar-refractivity contribution in [2.75, 3.05) is 27.9 Å². The first-order chi connectivity index (χ1) is 13.6. The molecule has 0 radical (unpaired) electrons. The van der Waals surface area contributed by atoms with Crippen molar-refractivity contribution in [1.29, 1.82) is 0 Å². The summed E-state index contributed by atoms with van der Waals surface area (Å²) in [5.74, 6) is 1.34. The van der Waals surface area contributed by atoms with Gasteiger partial charge in [0.1, 0.15) is 6.61 Å². The Bertz CT molecular complexity index is 1020. The van der Waals surface area contributed by atoms with E-state index in [1.807, 2.05) is 0 Å². The van der Waals surface area contributed by atoms with Crippen LogP contribution in [0.25, 0.3) is 11.0 Å². The van der Waals surface area contributed by atoms with E-state index in [2.05, 4.69) is 0 Å². The molecule has 2 heterocycles. The van der Waals surface area contributed by atoms with Gasteiger partial charge in [-0.15, -0.1) is 0 Å². The smallest absolute Gasteiger partial charge is 0.336 e. The first-order valence-electron chi connectivity index (χ1n) is 8.36. The van der Waals surface area contributed by atoms with E-state index in [1.54, 1.807) is 30.3 Å². The Balaban J connectivity index is 0.00000109. The highest BCUT2D eigenvalue weighted by atomic mass is 16.6. The van der Waals surface area contributed by atoms with Crippen LogP contribution in [-0.4, -0.2) is 38.1 Å². The van der Waals surface area contributed by atoms with Crippen molar-refractivity contribution in [3.05, 3.63) is 52.4 Å². The van der Waals surface area contributed by atoms with Gasteiger partial charge in [-0.2, -0.15) is 0 Å². The zero-order valence-corrected chi connectivity index (χ0v) is 15.6. The van der Waals surface area contributed by atoms with Crippen LogP contribution in [0.1, 0.15) is 11.7 Å². The van der Waals surface area contributed by atoms with Gasteiger partial charge in [0.2, 0.25) is 11.5 Å². The first-order valence-corrected chi connectivity index (χ1v) is 8.36. The molecule has 0 saturated carbocycles. The predicted molar refractivity (Wildman–Crippen MR) is 101 cm³/mol. The Labute approximate surface area is 160 Å². The van der Waals surface area contributed by atoms with Crippen molar-refractivity contribution >= 4 is 11.0 Å². The molecule has 0 fully saturated rings. The third-order valence-corrected chi connectivity index (χ3v) is 4.23. The van der Waals surface area contributed by atoms with Gasteiger partial charge in [-0.1, -0.05) is 0 Å². The van der Waals surface area contributed by atoms with Crippen LogP contribution in [0.15, 0.2) is 45.6 Å². The van der Waals surface area contributed by atoms with E-state index in [0.29, 0.717) is 17.1 Å². The molecule has 8 heteroatoms. The van der Waals surface area contributed by atoms with Gasteiger partial charge < -0.3 is 33.6 Å². The Morgan fingerprint density at radius 1 is 1.04 bits per heavy atom. The second kappa shape index (κ2) is 8.10. The molecule has 2 N–H and O–H groups in total. The maximum Gasteiger partial charge on any atom is 0.336 e. The molecule has 4 rings (SSSR count). The number of benzene rings is 2. The SMILES string of the molecule is CO.COc1cc(C2COc3c(ccc4ccc(=O)oc34)O2)cc(OC)c1O. The second-order valence-electron chi connectivity index (χ2n) is 5.76. The van der Waals surface area contributed by atoms with Crippen LogP contribution in [0.3, 0.4) is 0 Å². The molecule has 1 aromatic heterocycles. The summed E-state index contributed by atoms with van der Waals surface area (Å²) in [5, 5.41) is 17.8.